The van der Waals surface area contributed by atoms with E-state index in [2.05, 4.69) is 42.9 Å². The molecule has 6 nitrogen and oxygen atoms in total. The van der Waals surface area contributed by atoms with E-state index in [1.165, 1.54) is 11.8 Å². The molecule has 1 heterocycles. The molecule has 34 heavy (non-hydrogen) atoms. The first-order chi connectivity index (χ1) is 16.2. The number of fused-ring (bicyclic) bond motifs is 1. The van der Waals surface area contributed by atoms with Gasteiger partial charge >= 0.3 is 0 Å². The number of allylic oxidation sites excluding steroid dienone is 1. The van der Waals surface area contributed by atoms with E-state index in [1.807, 2.05) is 42.5 Å². The smallest absolute Gasteiger partial charge is 0.283 e. The summed E-state index contributed by atoms with van der Waals surface area (Å²) in [6, 6.07) is 7.55. The van der Waals surface area contributed by atoms with Crippen molar-refractivity contribution >= 4 is 35.4 Å². The average Bonchev–Trinajstić information content (AvgIpc) is 2.78. The number of nitrogens with one attached hydrogen (secondary N) is 1. The van der Waals surface area contributed by atoms with Gasteiger partial charge in [-0.2, -0.15) is 0 Å². The first-order valence-electron chi connectivity index (χ1n) is 11.8. The summed E-state index contributed by atoms with van der Waals surface area (Å²) in [7, 11) is 1.61. The minimum absolute atomic E-state index is 0.0846. The Kier molecular flexibility index (Phi) is 9.30. The number of carbonyl (C=O) groups excluding carboxylic acids is 2. The van der Waals surface area contributed by atoms with Crippen molar-refractivity contribution in [3.8, 4) is 5.75 Å². The molecule has 1 N–H and O–H groups in total. The van der Waals surface area contributed by atoms with Crippen molar-refractivity contribution < 1.29 is 14.3 Å². The van der Waals surface area contributed by atoms with Crippen LogP contribution in [-0.4, -0.2) is 61.0 Å². The third-order valence-electron chi connectivity index (χ3n) is 5.35. The van der Waals surface area contributed by atoms with Crippen LogP contribution in [0.2, 0.25) is 0 Å². The fraction of sp³-hybridized carbons (Fsp3) is 0.444. The van der Waals surface area contributed by atoms with Gasteiger partial charge in [0.25, 0.3) is 11.8 Å². The Balaban J connectivity index is 1.62. The van der Waals surface area contributed by atoms with Crippen molar-refractivity contribution in [3.05, 3.63) is 58.5 Å². The highest BCUT2D eigenvalue weighted by Crippen LogP contribution is 2.34. The Morgan fingerprint density at radius 2 is 1.97 bits per heavy atom. The van der Waals surface area contributed by atoms with E-state index in [1.54, 1.807) is 13.2 Å². The van der Waals surface area contributed by atoms with Gasteiger partial charge in [-0.1, -0.05) is 52.0 Å². The van der Waals surface area contributed by atoms with Crippen LogP contribution in [0.5, 0.6) is 5.75 Å². The van der Waals surface area contributed by atoms with E-state index in [-0.39, 0.29) is 17.1 Å². The van der Waals surface area contributed by atoms with Crippen LogP contribution >= 0.6 is 11.8 Å². The third kappa shape index (κ3) is 7.43. The Labute approximate surface area is 207 Å². The van der Waals surface area contributed by atoms with Gasteiger partial charge in [0.1, 0.15) is 5.75 Å². The minimum Gasteiger partial charge on any atom is -0.497 e. The van der Waals surface area contributed by atoms with Gasteiger partial charge in [0.2, 0.25) is 0 Å². The summed E-state index contributed by atoms with van der Waals surface area (Å²) in [5, 5.41) is 2.93. The number of thioether (sulfide) groups is 1. The molecule has 1 aliphatic heterocycles. The molecule has 0 bridgehead atoms. The standard InChI is InChI=1S/C27H35N3O3S/c1-18(2)16-30(17-19(3)4)12-11-28-26(31)21-9-10-24-23(15-21)29-27(32)25(34-24)14-20-7-6-8-22(13-20)33-5/h6-10,13-15,18-19,24H,11-12,16-17H2,1-5H3,(H,28,31)/b25-14+. The summed E-state index contributed by atoms with van der Waals surface area (Å²) >= 11 is 1.45. The number of hydrogen-bond donors (Lipinski definition) is 1. The van der Waals surface area contributed by atoms with Crippen molar-refractivity contribution in [3.63, 3.8) is 0 Å². The molecule has 7 heteroatoms. The van der Waals surface area contributed by atoms with Gasteiger partial charge in [0, 0.05) is 31.8 Å². The molecule has 1 aromatic carbocycles. The number of aliphatic imine (C=N–C) groups is 1. The fourth-order valence-corrected chi connectivity index (χ4v) is 5.00. The maximum absolute atomic E-state index is 12.7. The van der Waals surface area contributed by atoms with Crippen LogP contribution in [0.1, 0.15) is 33.3 Å². The Morgan fingerprint density at radius 3 is 2.65 bits per heavy atom. The minimum atomic E-state index is -0.289. The van der Waals surface area contributed by atoms with Crippen molar-refractivity contribution in [1.82, 2.24) is 10.2 Å². The summed E-state index contributed by atoms with van der Waals surface area (Å²) in [5.74, 6) is 1.47. The molecule has 1 aliphatic carbocycles. The second-order valence-electron chi connectivity index (χ2n) is 9.43. The quantitative estimate of drug-likeness (QED) is 0.503. The third-order valence-corrected chi connectivity index (χ3v) is 6.55. The molecule has 0 saturated heterocycles. The Hall–Kier alpha value is -2.64. The normalized spacial score (nSPS) is 18.9. The molecule has 182 valence electrons. The van der Waals surface area contributed by atoms with E-state index >= 15 is 0 Å². The molecule has 1 aromatic rings. The number of carbonyl (C=O) groups is 2. The highest BCUT2D eigenvalue weighted by Gasteiger charge is 2.28. The molecular formula is C27H35N3O3S. The van der Waals surface area contributed by atoms with E-state index < -0.39 is 0 Å². The van der Waals surface area contributed by atoms with Gasteiger partial charge in [0.05, 0.1) is 23.0 Å². The summed E-state index contributed by atoms with van der Waals surface area (Å²) < 4.78 is 5.26. The Morgan fingerprint density at radius 1 is 1.24 bits per heavy atom. The van der Waals surface area contributed by atoms with Crippen molar-refractivity contribution in [2.75, 3.05) is 33.3 Å². The van der Waals surface area contributed by atoms with Gasteiger partial charge in [-0.15, -0.1) is 11.8 Å². The molecule has 2 aliphatic rings. The first kappa shape index (κ1) is 26.0. The molecule has 3 rings (SSSR count). The zero-order valence-corrected chi connectivity index (χ0v) is 21.5. The van der Waals surface area contributed by atoms with Crippen LogP contribution in [0.25, 0.3) is 6.08 Å². The molecule has 0 fully saturated rings. The lowest BCUT2D eigenvalue weighted by molar-refractivity contribution is -0.117. The Bertz CT molecular complexity index is 1010. The number of nitrogens with zero attached hydrogens (tertiary/aromatic N) is 2. The lowest BCUT2D eigenvalue weighted by atomic mass is 10.0. The van der Waals surface area contributed by atoms with Gasteiger partial charge in [-0.3, -0.25) is 9.59 Å². The van der Waals surface area contributed by atoms with Crippen LogP contribution in [0.15, 0.2) is 58.0 Å². The number of rotatable bonds is 10. The second-order valence-corrected chi connectivity index (χ2v) is 10.6. The molecular weight excluding hydrogens is 446 g/mol. The fourth-order valence-electron chi connectivity index (χ4n) is 3.97. The average molecular weight is 482 g/mol. The summed E-state index contributed by atoms with van der Waals surface area (Å²) in [4.78, 5) is 32.6. The number of hydrogen-bond acceptors (Lipinski definition) is 5. The van der Waals surface area contributed by atoms with E-state index in [0.717, 1.165) is 30.9 Å². The van der Waals surface area contributed by atoms with Crippen molar-refractivity contribution in [2.24, 2.45) is 16.8 Å². The first-order valence-corrected chi connectivity index (χ1v) is 12.7. The van der Waals surface area contributed by atoms with Crippen molar-refractivity contribution in [1.29, 1.82) is 0 Å². The number of amides is 2. The zero-order valence-electron chi connectivity index (χ0n) is 20.7. The molecule has 0 radical (unpaired) electrons. The van der Waals surface area contributed by atoms with E-state index in [9.17, 15) is 9.59 Å². The van der Waals surface area contributed by atoms with Crippen LogP contribution in [0.4, 0.5) is 0 Å². The molecule has 0 aromatic heterocycles. The predicted molar refractivity (Wildman–Crippen MR) is 141 cm³/mol. The molecule has 2 amide bonds. The largest absolute Gasteiger partial charge is 0.497 e. The highest BCUT2D eigenvalue weighted by molar-refractivity contribution is 8.05. The van der Waals surface area contributed by atoms with Gasteiger partial charge < -0.3 is 15.0 Å². The molecule has 1 unspecified atom stereocenters. The topological polar surface area (TPSA) is 71.0 Å². The van der Waals surface area contributed by atoms with Crippen molar-refractivity contribution in [2.45, 2.75) is 32.9 Å². The molecule has 0 spiro atoms. The lowest BCUT2D eigenvalue weighted by Crippen LogP contribution is -2.39. The number of benzene rings is 1. The van der Waals surface area contributed by atoms with Gasteiger partial charge in [-0.05, 0) is 41.7 Å². The lowest BCUT2D eigenvalue weighted by Gasteiger charge is -2.26. The SMILES string of the molecule is COc1cccc(/C=C2/SC3C=CC(C(=O)NCCN(CC(C)C)CC(C)C)=CC3=NC2=O)c1. The van der Waals surface area contributed by atoms with E-state index in [0.29, 0.717) is 34.6 Å². The second kappa shape index (κ2) is 12.2. The molecule has 1 atom stereocenters. The van der Waals surface area contributed by atoms with Crippen LogP contribution in [0, 0.1) is 11.8 Å². The van der Waals surface area contributed by atoms with Crippen LogP contribution in [0.3, 0.4) is 0 Å². The van der Waals surface area contributed by atoms with E-state index in [4.69, 9.17) is 4.74 Å². The summed E-state index contributed by atoms with van der Waals surface area (Å²) in [6.07, 6.45) is 7.32. The monoisotopic (exact) mass is 481 g/mol. The highest BCUT2D eigenvalue weighted by atomic mass is 32.2. The summed E-state index contributed by atoms with van der Waals surface area (Å²) in [5.41, 5.74) is 2.03. The number of methoxy groups -OCH3 is 1. The summed E-state index contributed by atoms with van der Waals surface area (Å²) in [6.45, 7) is 12.3. The maximum Gasteiger partial charge on any atom is 0.283 e. The van der Waals surface area contributed by atoms with Gasteiger partial charge in [0.15, 0.2) is 0 Å². The number of ether oxygens (including phenoxy) is 1. The zero-order chi connectivity index (χ0) is 24.7. The van der Waals surface area contributed by atoms with Gasteiger partial charge in [-0.25, -0.2) is 4.99 Å². The molecule has 0 saturated carbocycles. The van der Waals surface area contributed by atoms with Crippen LogP contribution in [-0.2, 0) is 9.59 Å². The predicted octanol–water partition coefficient (Wildman–Crippen LogP) is 4.35. The maximum atomic E-state index is 12.7. The van der Waals surface area contributed by atoms with Crippen LogP contribution < -0.4 is 10.1 Å².